The average Bonchev–Trinajstić information content (AvgIpc) is 2.48. The van der Waals surface area contributed by atoms with E-state index in [0.29, 0.717) is 23.7 Å². The molecule has 0 unspecified atom stereocenters. The third-order valence-corrected chi connectivity index (χ3v) is 3.18. The molecule has 110 valence electrons. The first-order valence-electron chi connectivity index (χ1n) is 6.61. The highest BCUT2D eigenvalue weighted by Gasteiger charge is 2.03. The highest BCUT2D eigenvalue weighted by molar-refractivity contribution is 6.30. The first-order valence-corrected chi connectivity index (χ1v) is 6.99. The molecule has 3 N–H and O–H groups in total. The molecule has 0 saturated carbocycles. The highest BCUT2D eigenvalue weighted by atomic mass is 35.5. The molecule has 4 nitrogen and oxygen atoms in total. The number of hydrogen-bond acceptors (Lipinski definition) is 3. The smallest absolute Gasteiger partial charge is 0.250 e. The van der Waals surface area contributed by atoms with Crippen LogP contribution < -0.4 is 11.1 Å². The van der Waals surface area contributed by atoms with E-state index in [2.05, 4.69) is 5.32 Å². The van der Waals surface area contributed by atoms with Gasteiger partial charge in [0.25, 0.3) is 0 Å². The summed E-state index contributed by atoms with van der Waals surface area (Å²) >= 11 is 5.77. The lowest BCUT2D eigenvalue weighted by molar-refractivity contribution is -0.120. The van der Waals surface area contributed by atoms with Crippen LogP contribution in [0.3, 0.4) is 0 Å². The molecule has 0 aliphatic carbocycles. The number of nitrogen functional groups attached to an aromatic ring is 1. The summed E-state index contributed by atoms with van der Waals surface area (Å²) in [4.78, 5) is 11.7. The van der Waals surface area contributed by atoms with Gasteiger partial charge in [0.05, 0.1) is 6.61 Å². The van der Waals surface area contributed by atoms with Gasteiger partial charge in [-0.3, -0.25) is 4.79 Å². The number of para-hydroxylation sites is 1. The van der Waals surface area contributed by atoms with Crippen LogP contribution in [-0.4, -0.2) is 19.1 Å². The van der Waals surface area contributed by atoms with Crippen molar-refractivity contribution in [2.75, 3.05) is 24.3 Å². The minimum atomic E-state index is -0.196. The summed E-state index contributed by atoms with van der Waals surface area (Å²) in [6.45, 7) is 0.456. The van der Waals surface area contributed by atoms with Crippen molar-refractivity contribution in [1.29, 1.82) is 0 Å². The van der Waals surface area contributed by atoms with E-state index < -0.39 is 0 Å². The van der Waals surface area contributed by atoms with Crippen LogP contribution in [0.4, 0.5) is 11.4 Å². The van der Waals surface area contributed by atoms with Gasteiger partial charge in [-0.25, -0.2) is 0 Å². The normalized spacial score (nSPS) is 10.3. The van der Waals surface area contributed by atoms with Crippen molar-refractivity contribution in [2.45, 2.75) is 6.42 Å². The number of ether oxygens (including phenoxy) is 1. The Balaban J connectivity index is 1.70. The Morgan fingerprint density at radius 2 is 1.86 bits per heavy atom. The molecule has 5 heteroatoms. The summed E-state index contributed by atoms with van der Waals surface area (Å²) in [7, 11) is 0. The van der Waals surface area contributed by atoms with E-state index in [4.69, 9.17) is 22.1 Å². The topological polar surface area (TPSA) is 64.3 Å². The zero-order chi connectivity index (χ0) is 15.1. The Morgan fingerprint density at radius 1 is 1.14 bits per heavy atom. The Bertz CT molecular complexity index is 599. The van der Waals surface area contributed by atoms with Crippen molar-refractivity contribution >= 4 is 28.9 Å². The zero-order valence-electron chi connectivity index (χ0n) is 11.5. The number of anilines is 2. The summed E-state index contributed by atoms with van der Waals surface area (Å²) in [5, 5.41) is 3.36. The maximum atomic E-state index is 11.7. The van der Waals surface area contributed by atoms with E-state index in [-0.39, 0.29) is 12.5 Å². The number of carbonyl (C=O) groups is 1. The van der Waals surface area contributed by atoms with Crippen LogP contribution in [-0.2, 0) is 16.0 Å². The van der Waals surface area contributed by atoms with Crippen molar-refractivity contribution in [1.82, 2.24) is 0 Å². The van der Waals surface area contributed by atoms with Crippen molar-refractivity contribution < 1.29 is 9.53 Å². The predicted octanol–water partition coefficient (Wildman–Crippen LogP) is 3.12. The van der Waals surface area contributed by atoms with Crippen LogP contribution in [0.1, 0.15) is 5.56 Å². The van der Waals surface area contributed by atoms with Gasteiger partial charge in [-0.05, 0) is 42.3 Å². The van der Waals surface area contributed by atoms with E-state index in [1.807, 2.05) is 24.3 Å². The van der Waals surface area contributed by atoms with Gasteiger partial charge >= 0.3 is 0 Å². The number of nitrogens with two attached hydrogens (primary N) is 1. The summed E-state index contributed by atoms with van der Waals surface area (Å²) in [6.07, 6.45) is 0.681. The molecule has 0 radical (unpaired) electrons. The SMILES string of the molecule is Nc1ccccc1CCOCC(=O)Nc1ccc(Cl)cc1. The minimum absolute atomic E-state index is 0.00929. The molecule has 1 amide bonds. The third kappa shape index (κ3) is 5.10. The molecule has 0 heterocycles. The van der Waals surface area contributed by atoms with Crippen LogP contribution in [0.15, 0.2) is 48.5 Å². The van der Waals surface area contributed by atoms with Crippen LogP contribution in [0.5, 0.6) is 0 Å². The maximum absolute atomic E-state index is 11.7. The van der Waals surface area contributed by atoms with Gasteiger partial charge in [0.1, 0.15) is 6.61 Å². The lowest BCUT2D eigenvalue weighted by Gasteiger charge is -2.07. The molecule has 0 aliphatic rings. The van der Waals surface area contributed by atoms with Crippen LogP contribution in [0.25, 0.3) is 0 Å². The maximum Gasteiger partial charge on any atom is 0.250 e. The minimum Gasteiger partial charge on any atom is -0.399 e. The van der Waals surface area contributed by atoms with Crippen LogP contribution in [0, 0.1) is 0 Å². The fourth-order valence-corrected chi connectivity index (χ4v) is 1.97. The summed E-state index contributed by atoms with van der Waals surface area (Å²) in [6, 6.07) is 14.5. The number of halogens is 1. The number of hydrogen-bond donors (Lipinski definition) is 2. The molecule has 0 fully saturated rings. The molecule has 2 rings (SSSR count). The summed E-state index contributed by atoms with van der Waals surface area (Å²) in [5.41, 5.74) is 8.29. The van der Waals surface area contributed by atoms with Gasteiger partial charge in [0, 0.05) is 16.4 Å². The molecule has 21 heavy (non-hydrogen) atoms. The van der Waals surface area contributed by atoms with E-state index >= 15 is 0 Å². The monoisotopic (exact) mass is 304 g/mol. The largest absolute Gasteiger partial charge is 0.399 e. The van der Waals surface area contributed by atoms with Crippen molar-refractivity contribution in [3.63, 3.8) is 0 Å². The molecule has 0 bridgehead atoms. The molecular formula is C16H17ClN2O2. The Morgan fingerprint density at radius 3 is 2.57 bits per heavy atom. The van der Waals surface area contributed by atoms with Crippen LogP contribution in [0.2, 0.25) is 5.02 Å². The van der Waals surface area contributed by atoms with Gasteiger partial charge in [0.2, 0.25) is 5.91 Å². The van der Waals surface area contributed by atoms with Gasteiger partial charge in [-0.15, -0.1) is 0 Å². The van der Waals surface area contributed by atoms with E-state index in [9.17, 15) is 4.79 Å². The number of rotatable bonds is 6. The molecule has 2 aromatic carbocycles. The second-order valence-corrected chi connectivity index (χ2v) is 4.99. The molecule has 0 atom stereocenters. The van der Waals surface area contributed by atoms with Crippen molar-refractivity contribution in [3.8, 4) is 0 Å². The van der Waals surface area contributed by atoms with Crippen molar-refractivity contribution in [2.24, 2.45) is 0 Å². The number of amides is 1. The van der Waals surface area contributed by atoms with E-state index in [0.717, 1.165) is 11.3 Å². The quantitative estimate of drug-likeness (QED) is 0.636. The molecule has 0 aliphatic heterocycles. The molecule has 0 saturated heterocycles. The predicted molar refractivity (Wildman–Crippen MR) is 85.5 cm³/mol. The second kappa shape index (κ2) is 7.67. The number of benzene rings is 2. The van der Waals surface area contributed by atoms with Gasteiger partial charge in [-0.1, -0.05) is 29.8 Å². The van der Waals surface area contributed by atoms with Gasteiger partial charge < -0.3 is 15.8 Å². The number of nitrogens with one attached hydrogen (secondary N) is 1. The third-order valence-electron chi connectivity index (χ3n) is 2.93. The molecule has 0 spiro atoms. The second-order valence-electron chi connectivity index (χ2n) is 4.56. The van der Waals surface area contributed by atoms with Gasteiger partial charge in [-0.2, -0.15) is 0 Å². The first-order chi connectivity index (χ1) is 10.1. The Labute approximate surface area is 128 Å². The Kier molecular flexibility index (Phi) is 5.60. The highest BCUT2D eigenvalue weighted by Crippen LogP contribution is 2.13. The molecule has 2 aromatic rings. The zero-order valence-corrected chi connectivity index (χ0v) is 12.3. The average molecular weight is 305 g/mol. The molecule has 0 aromatic heterocycles. The fourth-order valence-electron chi connectivity index (χ4n) is 1.84. The fraction of sp³-hybridized carbons (Fsp3) is 0.188. The van der Waals surface area contributed by atoms with Crippen molar-refractivity contribution in [3.05, 3.63) is 59.1 Å². The summed E-state index contributed by atoms with van der Waals surface area (Å²) < 4.78 is 5.36. The molecular weight excluding hydrogens is 288 g/mol. The van der Waals surface area contributed by atoms with E-state index in [1.54, 1.807) is 24.3 Å². The lowest BCUT2D eigenvalue weighted by atomic mass is 10.1. The van der Waals surface area contributed by atoms with Crippen LogP contribution >= 0.6 is 11.6 Å². The number of carbonyl (C=O) groups excluding carboxylic acids is 1. The Hall–Kier alpha value is -2.04. The lowest BCUT2D eigenvalue weighted by Crippen LogP contribution is -2.19. The standard InChI is InChI=1S/C16H17ClN2O2/c17-13-5-7-14(8-6-13)19-16(20)11-21-10-9-12-3-1-2-4-15(12)18/h1-8H,9-11,18H2,(H,19,20). The van der Waals surface area contributed by atoms with E-state index in [1.165, 1.54) is 0 Å². The van der Waals surface area contributed by atoms with Gasteiger partial charge in [0.15, 0.2) is 0 Å². The first kappa shape index (κ1) is 15.4. The summed E-state index contributed by atoms with van der Waals surface area (Å²) in [5.74, 6) is -0.196.